The Labute approximate surface area is 185 Å². The van der Waals surface area contributed by atoms with Gasteiger partial charge < -0.3 is 14.9 Å². The van der Waals surface area contributed by atoms with Gasteiger partial charge in [0.1, 0.15) is 17.2 Å². The molecule has 166 valence electrons. The molecule has 4 aromatic rings. The first-order valence-corrected chi connectivity index (χ1v) is 10.6. The highest BCUT2D eigenvalue weighted by Gasteiger charge is 2.21. The second-order valence-electron chi connectivity index (χ2n) is 8.56. The molecule has 2 aromatic heterocycles. The van der Waals surface area contributed by atoms with Crippen LogP contribution in [-0.4, -0.2) is 32.5 Å². The van der Waals surface area contributed by atoms with Crippen LogP contribution in [0.3, 0.4) is 0 Å². The molecule has 7 nitrogen and oxygen atoms in total. The molecule has 0 saturated carbocycles. The maximum Gasteiger partial charge on any atom is 0.273 e. The van der Waals surface area contributed by atoms with E-state index in [9.17, 15) is 15.0 Å². The van der Waals surface area contributed by atoms with Crippen LogP contribution in [-0.2, 0) is 0 Å². The van der Waals surface area contributed by atoms with Crippen LogP contribution in [0.25, 0.3) is 33.4 Å². The highest BCUT2D eigenvalue weighted by atomic mass is 16.5. The van der Waals surface area contributed by atoms with Gasteiger partial charge in [0.25, 0.3) is 5.56 Å². The van der Waals surface area contributed by atoms with Gasteiger partial charge in [0, 0.05) is 17.2 Å². The molecule has 0 aliphatic carbocycles. The van der Waals surface area contributed by atoms with Crippen molar-refractivity contribution in [1.82, 2.24) is 15.2 Å². The lowest BCUT2D eigenvalue weighted by Crippen LogP contribution is -2.01. The van der Waals surface area contributed by atoms with Crippen LogP contribution in [0.4, 0.5) is 0 Å². The SMILES string of the molecule is COc1ccc(-c2nc3[nH][nH]c(=O)c3cc2-c2cc(C(C)C)c(O)c(C(C)C)c2)c(O)c1. The predicted octanol–water partition coefficient (Wildman–Crippen LogP) is 5.25. The van der Waals surface area contributed by atoms with Crippen molar-refractivity contribution in [3.05, 3.63) is 57.9 Å². The topological polar surface area (TPSA) is 111 Å². The monoisotopic (exact) mass is 433 g/mol. The fourth-order valence-electron chi connectivity index (χ4n) is 3.94. The lowest BCUT2D eigenvalue weighted by atomic mass is 9.88. The van der Waals surface area contributed by atoms with E-state index in [2.05, 4.69) is 15.2 Å². The highest BCUT2D eigenvalue weighted by molar-refractivity contribution is 5.91. The van der Waals surface area contributed by atoms with Gasteiger partial charge in [-0.15, -0.1) is 0 Å². The molecule has 2 heterocycles. The molecule has 0 atom stereocenters. The number of hydrogen-bond donors (Lipinski definition) is 4. The van der Waals surface area contributed by atoms with E-state index in [0.29, 0.717) is 39.4 Å². The van der Waals surface area contributed by atoms with Crippen molar-refractivity contribution in [3.8, 4) is 39.6 Å². The van der Waals surface area contributed by atoms with E-state index in [4.69, 9.17) is 4.74 Å². The third-order valence-corrected chi connectivity index (χ3v) is 5.75. The van der Waals surface area contributed by atoms with Crippen molar-refractivity contribution in [2.75, 3.05) is 7.11 Å². The van der Waals surface area contributed by atoms with Crippen LogP contribution in [0.1, 0.15) is 50.7 Å². The zero-order valence-corrected chi connectivity index (χ0v) is 18.8. The molecule has 0 bridgehead atoms. The smallest absolute Gasteiger partial charge is 0.273 e. The van der Waals surface area contributed by atoms with Gasteiger partial charge in [0.2, 0.25) is 0 Å². The zero-order chi connectivity index (χ0) is 23.2. The Hall–Kier alpha value is -3.74. The Bertz CT molecular complexity index is 1340. The van der Waals surface area contributed by atoms with Gasteiger partial charge in [0.05, 0.1) is 18.2 Å². The number of hydrogen-bond acceptors (Lipinski definition) is 5. The number of phenolic OH excluding ortho intramolecular Hbond substituents is 2. The minimum Gasteiger partial charge on any atom is -0.507 e. The van der Waals surface area contributed by atoms with E-state index in [-0.39, 0.29) is 23.1 Å². The normalized spacial score (nSPS) is 11.6. The van der Waals surface area contributed by atoms with Gasteiger partial charge in [-0.3, -0.25) is 15.0 Å². The highest BCUT2D eigenvalue weighted by Crippen LogP contribution is 2.42. The number of fused-ring (bicyclic) bond motifs is 1. The standard InChI is InChI=1S/C25H27N3O4/c1-12(2)17-8-14(9-18(13(3)4)23(17)30)19-11-20-24(27-28-25(20)31)26-22(19)16-7-6-15(32-5)10-21(16)29/h6-13,29-30H,1-5H3,(H2,26,27,28,31). The van der Waals surface area contributed by atoms with Crippen molar-refractivity contribution in [3.63, 3.8) is 0 Å². The molecule has 2 aromatic carbocycles. The van der Waals surface area contributed by atoms with E-state index in [1.165, 1.54) is 13.2 Å². The second kappa shape index (κ2) is 8.07. The van der Waals surface area contributed by atoms with Crippen LogP contribution in [0, 0.1) is 0 Å². The van der Waals surface area contributed by atoms with E-state index >= 15 is 0 Å². The van der Waals surface area contributed by atoms with Crippen LogP contribution in [0.2, 0.25) is 0 Å². The van der Waals surface area contributed by atoms with Gasteiger partial charge in [0.15, 0.2) is 5.65 Å². The summed E-state index contributed by atoms with van der Waals surface area (Å²) in [4.78, 5) is 17.0. The van der Waals surface area contributed by atoms with E-state index in [1.807, 2.05) is 39.8 Å². The first-order chi connectivity index (χ1) is 15.2. The molecular formula is C25H27N3O4. The maximum atomic E-state index is 12.3. The third kappa shape index (κ3) is 3.60. The van der Waals surface area contributed by atoms with Gasteiger partial charge in [-0.25, -0.2) is 4.98 Å². The average molecular weight is 434 g/mol. The number of H-pyrrole nitrogens is 2. The number of phenols is 2. The molecule has 0 radical (unpaired) electrons. The number of aromatic nitrogens is 3. The number of rotatable bonds is 5. The van der Waals surface area contributed by atoms with E-state index < -0.39 is 0 Å². The van der Waals surface area contributed by atoms with Crippen LogP contribution in [0.5, 0.6) is 17.2 Å². The molecule has 0 unspecified atom stereocenters. The molecule has 0 aliphatic rings. The number of aromatic amines is 2. The molecule has 0 spiro atoms. The molecule has 4 N–H and O–H groups in total. The summed E-state index contributed by atoms with van der Waals surface area (Å²) in [7, 11) is 1.53. The Morgan fingerprint density at radius 2 is 1.56 bits per heavy atom. The molecule has 0 aliphatic heterocycles. The van der Waals surface area contributed by atoms with Gasteiger partial charge in [-0.05, 0) is 58.9 Å². The Morgan fingerprint density at radius 1 is 0.906 bits per heavy atom. The number of methoxy groups -OCH3 is 1. The average Bonchev–Trinajstić information content (AvgIpc) is 3.12. The second-order valence-corrected chi connectivity index (χ2v) is 8.56. The Balaban J connectivity index is 2.07. The number of nitrogens with one attached hydrogen (secondary N) is 2. The van der Waals surface area contributed by atoms with Crippen LogP contribution < -0.4 is 10.3 Å². The van der Waals surface area contributed by atoms with Gasteiger partial charge in [-0.1, -0.05) is 27.7 Å². The summed E-state index contributed by atoms with van der Waals surface area (Å²) in [5.74, 6) is 1.02. The number of benzene rings is 2. The lowest BCUT2D eigenvalue weighted by molar-refractivity contribution is 0.408. The summed E-state index contributed by atoms with van der Waals surface area (Å²) in [6.07, 6.45) is 0. The van der Waals surface area contributed by atoms with Crippen molar-refractivity contribution in [2.24, 2.45) is 0 Å². The van der Waals surface area contributed by atoms with Crippen LogP contribution >= 0.6 is 0 Å². The molecule has 7 heteroatoms. The molecule has 0 amide bonds. The van der Waals surface area contributed by atoms with Crippen molar-refractivity contribution < 1.29 is 14.9 Å². The summed E-state index contributed by atoms with van der Waals surface area (Å²) in [6.45, 7) is 8.10. The first-order valence-electron chi connectivity index (χ1n) is 10.6. The van der Waals surface area contributed by atoms with E-state index in [0.717, 1.165) is 16.7 Å². The maximum absolute atomic E-state index is 12.3. The molecule has 4 rings (SSSR count). The number of nitrogens with zero attached hydrogens (tertiary/aromatic N) is 1. The summed E-state index contributed by atoms with van der Waals surface area (Å²) in [5, 5.41) is 27.3. The summed E-state index contributed by atoms with van der Waals surface area (Å²) in [6, 6.07) is 10.7. The fraction of sp³-hybridized carbons (Fsp3) is 0.280. The van der Waals surface area contributed by atoms with Gasteiger partial charge >= 0.3 is 0 Å². The van der Waals surface area contributed by atoms with Crippen molar-refractivity contribution in [1.29, 1.82) is 0 Å². The molecule has 0 saturated heterocycles. The fourth-order valence-corrected chi connectivity index (χ4v) is 3.94. The Morgan fingerprint density at radius 3 is 2.12 bits per heavy atom. The minimum atomic E-state index is -0.272. The number of ether oxygens (including phenoxy) is 1. The predicted molar refractivity (Wildman–Crippen MR) is 126 cm³/mol. The third-order valence-electron chi connectivity index (χ3n) is 5.75. The van der Waals surface area contributed by atoms with Crippen molar-refractivity contribution in [2.45, 2.75) is 39.5 Å². The quantitative estimate of drug-likeness (QED) is 0.343. The van der Waals surface area contributed by atoms with Crippen molar-refractivity contribution >= 4 is 11.0 Å². The van der Waals surface area contributed by atoms with Crippen LogP contribution in [0.15, 0.2) is 41.2 Å². The molecule has 32 heavy (non-hydrogen) atoms. The van der Waals surface area contributed by atoms with E-state index in [1.54, 1.807) is 18.2 Å². The number of pyridine rings is 1. The summed E-state index contributed by atoms with van der Waals surface area (Å²) >= 11 is 0. The number of aromatic hydroxyl groups is 2. The van der Waals surface area contributed by atoms with Gasteiger partial charge in [-0.2, -0.15) is 0 Å². The lowest BCUT2D eigenvalue weighted by Gasteiger charge is -2.19. The zero-order valence-electron chi connectivity index (χ0n) is 18.8. The first kappa shape index (κ1) is 21.5. The largest absolute Gasteiger partial charge is 0.507 e. The Kier molecular flexibility index (Phi) is 5.42. The summed E-state index contributed by atoms with van der Waals surface area (Å²) in [5.41, 5.74) is 4.29. The molecular weight excluding hydrogens is 406 g/mol. The summed E-state index contributed by atoms with van der Waals surface area (Å²) < 4.78 is 5.21. The molecule has 0 fully saturated rings. The minimum absolute atomic E-state index is 0.0160.